The maximum atomic E-state index is 8.75. The van der Waals surface area contributed by atoms with Gasteiger partial charge in [-0.25, -0.2) is 0 Å². The smallest absolute Gasteiger partial charge is 0.168 e. The molecule has 18 heavy (non-hydrogen) atoms. The third kappa shape index (κ3) is 2.84. The van der Waals surface area contributed by atoms with Gasteiger partial charge in [0, 0.05) is 5.69 Å². The Balaban J connectivity index is 2.32. The second-order valence-corrected chi connectivity index (χ2v) is 4.20. The van der Waals surface area contributed by atoms with Crippen molar-refractivity contribution in [2.75, 3.05) is 5.32 Å². The predicted molar refractivity (Wildman–Crippen MR) is 77.0 cm³/mol. The quantitative estimate of drug-likeness (QED) is 0.808. The van der Waals surface area contributed by atoms with Crippen LogP contribution >= 0.6 is 12.2 Å². The minimum atomic E-state index is 0.243. The summed E-state index contributed by atoms with van der Waals surface area (Å²) in [7, 11) is 0. The number of rotatable bonds is 2. The fourth-order valence-electron chi connectivity index (χ4n) is 1.66. The summed E-state index contributed by atoms with van der Waals surface area (Å²) < 4.78 is 0. The molecule has 4 heteroatoms. The summed E-state index contributed by atoms with van der Waals surface area (Å²) in [5.74, 6) is 0. The predicted octanol–water partition coefficient (Wildman–Crippen LogP) is 2.88. The highest BCUT2D eigenvalue weighted by Crippen LogP contribution is 2.22. The lowest BCUT2D eigenvalue weighted by Crippen LogP contribution is -2.18. The number of nitrogens with one attached hydrogen (secondary N) is 1. The summed E-state index contributed by atoms with van der Waals surface area (Å²) in [5, 5.41) is 11.9. The van der Waals surface area contributed by atoms with Gasteiger partial charge >= 0.3 is 0 Å². The van der Waals surface area contributed by atoms with E-state index in [-0.39, 0.29) is 5.11 Å². The molecule has 0 aromatic heterocycles. The first-order valence-electron chi connectivity index (χ1n) is 5.36. The van der Waals surface area contributed by atoms with E-state index in [0.717, 1.165) is 16.8 Å². The molecule has 0 radical (unpaired) electrons. The second-order valence-electron chi connectivity index (χ2n) is 3.76. The lowest BCUT2D eigenvalue weighted by molar-refractivity contribution is 1.48. The fourth-order valence-corrected chi connectivity index (χ4v) is 1.77. The van der Waals surface area contributed by atoms with Crippen molar-refractivity contribution in [2.24, 2.45) is 5.73 Å². The molecule has 0 amide bonds. The Morgan fingerprint density at radius 3 is 2.44 bits per heavy atom. The van der Waals surface area contributed by atoms with Crippen molar-refractivity contribution in [3.8, 4) is 17.2 Å². The highest BCUT2D eigenvalue weighted by Gasteiger charge is 2.00. The number of hydrogen-bond donors (Lipinski definition) is 2. The molecule has 0 aliphatic rings. The number of thiocarbonyl (C=S) groups is 1. The molecular formula is C14H11N3S. The van der Waals surface area contributed by atoms with Crippen molar-refractivity contribution >= 4 is 23.0 Å². The van der Waals surface area contributed by atoms with Gasteiger partial charge in [-0.3, -0.25) is 0 Å². The van der Waals surface area contributed by atoms with Gasteiger partial charge in [0.25, 0.3) is 0 Å². The lowest BCUT2D eigenvalue weighted by Gasteiger charge is -2.07. The van der Waals surface area contributed by atoms with E-state index in [9.17, 15) is 0 Å². The van der Waals surface area contributed by atoms with Crippen LogP contribution in [0.25, 0.3) is 11.1 Å². The average Bonchev–Trinajstić information content (AvgIpc) is 2.38. The Bertz CT molecular complexity index is 612. The van der Waals surface area contributed by atoms with Crippen LogP contribution in [0.3, 0.4) is 0 Å². The minimum absolute atomic E-state index is 0.243. The molecule has 0 spiro atoms. The number of benzene rings is 2. The van der Waals surface area contributed by atoms with Gasteiger partial charge in [-0.05, 0) is 47.6 Å². The van der Waals surface area contributed by atoms with Gasteiger partial charge in [-0.1, -0.05) is 24.3 Å². The molecule has 0 unspecified atom stereocenters. The highest BCUT2D eigenvalue weighted by molar-refractivity contribution is 7.80. The summed E-state index contributed by atoms with van der Waals surface area (Å²) >= 11 is 4.80. The van der Waals surface area contributed by atoms with E-state index in [1.54, 1.807) is 12.1 Å². The topological polar surface area (TPSA) is 61.8 Å². The Morgan fingerprint density at radius 1 is 1.11 bits per heavy atom. The molecule has 0 saturated carbocycles. The highest BCUT2D eigenvalue weighted by atomic mass is 32.1. The van der Waals surface area contributed by atoms with Crippen LogP contribution in [-0.4, -0.2) is 5.11 Å². The second kappa shape index (κ2) is 5.30. The molecule has 3 N–H and O–H groups in total. The third-order valence-electron chi connectivity index (χ3n) is 2.48. The van der Waals surface area contributed by atoms with Crippen molar-refractivity contribution in [1.82, 2.24) is 0 Å². The Hall–Kier alpha value is -2.38. The van der Waals surface area contributed by atoms with Crippen LogP contribution in [0.4, 0.5) is 5.69 Å². The standard InChI is InChI=1S/C14H11N3S/c15-9-10-4-6-11(7-5-10)12-2-1-3-13(8-12)17-14(16)18/h1-8H,(H3,16,17,18). The molecule has 0 bridgehead atoms. The molecule has 2 aromatic carbocycles. The summed E-state index contributed by atoms with van der Waals surface area (Å²) in [6.45, 7) is 0. The van der Waals surface area contributed by atoms with Crippen molar-refractivity contribution in [2.45, 2.75) is 0 Å². The maximum Gasteiger partial charge on any atom is 0.168 e. The largest absolute Gasteiger partial charge is 0.376 e. The molecule has 0 fully saturated rings. The SMILES string of the molecule is N#Cc1ccc(-c2cccc(NC(N)=S)c2)cc1. The zero-order chi connectivity index (χ0) is 13.0. The number of nitrogens with zero attached hydrogens (tertiary/aromatic N) is 1. The number of anilines is 1. The normalized spacial score (nSPS) is 9.50. The van der Waals surface area contributed by atoms with Crippen molar-refractivity contribution in [1.29, 1.82) is 5.26 Å². The molecule has 0 heterocycles. The van der Waals surface area contributed by atoms with Crippen LogP contribution in [-0.2, 0) is 0 Å². The van der Waals surface area contributed by atoms with Gasteiger partial charge in [-0.2, -0.15) is 5.26 Å². The zero-order valence-electron chi connectivity index (χ0n) is 9.55. The molecule has 88 valence electrons. The van der Waals surface area contributed by atoms with Crippen molar-refractivity contribution < 1.29 is 0 Å². The van der Waals surface area contributed by atoms with Crippen molar-refractivity contribution in [3.63, 3.8) is 0 Å². The van der Waals surface area contributed by atoms with Crippen LogP contribution in [0.5, 0.6) is 0 Å². The Kier molecular flexibility index (Phi) is 3.56. The minimum Gasteiger partial charge on any atom is -0.376 e. The lowest BCUT2D eigenvalue weighted by atomic mass is 10.0. The summed E-state index contributed by atoms with van der Waals surface area (Å²) in [5.41, 5.74) is 9.02. The molecule has 0 aliphatic heterocycles. The van der Waals surface area contributed by atoms with Gasteiger partial charge in [0.2, 0.25) is 0 Å². The van der Waals surface area contributed by atoms with E-state index in [1.165, 1.54) is 0 Å². The summed E-state index contributed by atoms with van der Waals surface area (Å²) in [6.07, 6.45) is 0. The number of nitriles is 1. The van der Waals surface area contributed by atoms with Crippen LogP contribution in [0.15, 0.2) is 48.5 Å². The van der Waals surface area contributed by atoms with Gasteiger partial charge in [0.05, 0.1) is 11.6 Å². The maximum absolute atomic E-state index is 8.75. The Labute approximate surface area is 111 Å². The molecular weight excluding hydrogens is 242 g/mol. The van der Waals surface area contributed by atoms with Crippen LogP contribution in [0.1, 0.15) is 5.56 Å². The molecule has 0 atom stereocenters. The van der Waals surface area contributed by atoms with Gasteiger partial charge in [-0.15, -0.1) is 0 Å². The molecule has 2 aromatic rings. The average molecular weight is 253 g/mol. The van der Waals surface area contributed by atoms with Gasteiger partial charge < -0.3 is 11.1 Å². The first kappa shape index (κ1) is 12.1. The van der Waals surface area contributed by atoms with E-state index in [1.807, 2.05) is 36.4 Å². The molecule has 3 nitrogen and oxygen atoms in total. The van der Waals surface area contributed by atoms with E-state index >= 15 is 0 Å². The number of hydrogen-bond acceptors (Lipinski definition) is 2. The summed E-state index contributed by atoms with van der Waals surface area (Å²) in [4.78, 5) is 0. The van der Waals surface area contributed by atoms with E-state index < -0.39 is 0 Å². The van der Waals surface area contributed by atoms with Crippen LogP contribution in [0.2, 0.25) is 0 Å². The van der Waals surface area contributed by atoms with E-state index in [2.05, 4.69) is 11.4 Å². The van der Waals surface area contributed by atoms with Crippen LogP contribution in [0, 0.1) is 11.3 Å². The Morgan fingerprint density at radius 2 is 1.83 bits per heavy atom. The monoisotopic (exact) mass is 253 g/mol. The zero-order valence-corrected chi connectivity index (χ0v) is 10.4. The van der Waals surface area contributed by atoms with Crippen molar-refractivity contribution in [3.05, 3.63) is 54.1 Å². The van der Waals surface area contributed by atoms with Crippen LogP contribution < -0.4 is 11.1 Å². The molecule has 0 aliphatic carbocycles. The third-order valence-corrected chi connectivity index (χ3v) is 2.58. The molecule has 0 saturated heterocycles. The first-order valence-corrected chi connectivity index (χ1v) is 5.77. The molecule has 2 rings (SSSR count). The van der Waals surface area contributed by atoms with Gasteiger partial charge in [0.1, 0.15) is 0 Å². The van der Waals surface area contributed by atoms with Gasteiger partial charge in [0.15, 0.2) is 5.11 Å². The summed E-state index contributed by atoms with van der Waals surface area (Å²) in [6, 6.07) is 17.3. The fraction of sp³-hybridized carbons (Fsp3) is 0. The first-order chi connectivity index (χ1) is 8.69. The number of nitrogens with two attached hydrogens (primary N) is 1. The van der Waals surface area contributed by atoms with E-state index in [4.69, 9.17) is 23.2 Å². The van der Waals surface area contributed by atoms with E-state index in [0.29, 0.717) is 5.56 Å².